The molecule has 2 unspecified atom stereocenters. The second-order valence-electron chi connectivity index (χ2n) is 7.31. The summed E-state index contributed by atoms with van der Waals surface area (Å²) in [6.45, 7) is 3.15. The van der Waals surface area contributed by atoms with Gasteiger partial charge < -0.3 is 10.0 Å². The van der Waals surface area contributed by atoms with Crippen molar-refractivity contribution < 1.29 is 9.90 Å². The lowest BCUT2D eigenvalue weighted by Crippen LogP contribution is -2.49. The molecule has 2 fully saturated rings. The average molecular weight is 379 g/mol. The summed E-state index contributed by atoms with van der Waals surface area (Å²) < 4.78 is 1.18. The van der Waals surface area contributed by atoms with Gasteiger partial charge in [0.2, 0.25) is 0 Å². The van der Waals surface area contributed by atoms with E-state index in [2.05, 4.69) is 28.1 Å². The predicted molar refractivity (Wildman–Crippen MR) is 107 cm³/mol. The van der Waals surface area contributed by atoms with Crippen LogP contribution in [0.1, 0.15) is 16.8 Å². The van der Waals surface area contributed by atoms with E-state index in [1.54, 1.807) is 11.3 Å². The molecule has 138 valence electrons. The monoisotopic (exact) mass is 379 g/mol. The number of carbonyl (C=O) groups excluding carboxylic acids is 1. The van der Waals surface area contributed by atoms with Gasteiger partial charge in [-0.15, -0.1) is 11.3 Å². The fraction of sp³-hybridized carbons (Fsp3) is 0.333. The number of hydrogen-bond donors (Lipinski definition) is 1. The molecule has 5 rings (SSSR count). The first kappa shape index (κ1) is 16.9. The Labute approximate surface area is 161 Å². The summed E-state index contributed by atoms with van der Waals surface area (Å²) in [6, 6.07) is 14.5. The number of carbonyl (C=O) groups is 1. The van der Waals surface area contributed by atoms with Crippen LogP contribution in [0.2, 0.25) is 0 Å². The van der Waals surface area contributed by atoms with E-state index in [0.29, 0.717) is 6.04 Å². The summed E-state index contributed by atoms with van der Waals surface area (Å²) in [4.78, 5) is 21.4. The van der Waals surface area contributed by atoms with Crippen LogP contribution in [0, 0.1) is 0 Å². The number of fused-ring (bicyclic) bond motifs is 1. The van der Waals surface area contributed by atoms with Crippen molar-refractivity contribution in [1.29, 1.82) is 0 Å². The molecule has 2 aromatic carbocycles. The molecule has 1 saturated carbocycles. The van der Waals surface area contributed by atoms with Gasteiger partial charge in [0, 0.05) is 37.8 Å². The highest BCUT2D eigenvalue weighted by atomic mass is 32.1. The van der Waals surface area contributed by atoms with Crippen molar-refractivity contribution >= 4 is 27.5 Å². The number of thiazole rings is 1. The largest absolute Gasteiger partial charge is 0.391 e. The van der Waals surface area contributed by atoms with Gasteiger partial charge in [0.05, 0.1) is 21.8 Å². The number of aliphatic hydroxyl groups is 1. The first-order valence-corrected chi connectivity index (χ1v) is 10.2. The lowest BCUT2D eigenvalue weighted by atomic mass is 10.0. The average Bonchev–Trinajstić information content (AvgIpc) is 3.26. The van der Waals surface area contributed by atoms with Gasteiger partial charge in [0.15, 0.2) is 0 Å². The molecule has 1 amide bonds. The number of benzene rings is 2. The number of amides is 1. The highest BCUT2D eigenvalue weighted by Gasteiger charge is 2.41. The molecule has 1 N–H and O–H groups in total. The molecule has 0 bridgehead atoms. The maximum absolute atomic E-state index is 12.8. The molecule has 1 aromatic heterocycles. The molecule has 1 aliphatic heterocycles. The topological polar surface area (TPSA) is 56.7 Å². The van der Waals surface area contributed by atoms with Gasteiger partial charge in [0.25, 0.3) is 5.91 Å². The molecule has 2 aliphatic rings. The highest BCUT2D eigenvalue weighted by Crippen LogP contribution is 2.29. The highest BCUT2D eigenvalue weighted by molar-refractivity contribution is 7.16. The summed E-state index contributed by atoms with van der Waals surface area (Å²) in [7, 11) is 0. The first-order chi connectivity index (χ1) is 13.2. The Morgan fingerprint density at radius 2 is 1.74 bits per heavy atom. The minimum atomic E-state index is -0.164. The van der Waals surface area contributed by atoms with Gasteiger partial charge in [-0.1, -0.05) is 18.2 Å². The Hall–Kier alpha value is -2.28. The number of nitrogens with zero attached hydrogens (tertiary/aromatic N) is 3. The summed E-state index contributed by atoms with van der Waals surface area (Å²) in [5, 5.41) is 9.57. The number of hydrogen-bond acceptors (Lipinski definition) is 5. The zero-order chi connectivity index (χ0) is 18.4. The summed E-state index contributed by atoms with van der Waals surface area (Å²) in [6.07, 6.45) is 0.713. The van der Waals surface area contributed by atoms with Crippen LogP contribution < -0.4 is 0 Å². The van der Waals surface area contributed by atoms with Crippen molar-refractivity contribution in [2.45, 2.75) is 18.6 Å². The van der Waals surface area contributed by atoms with Crippen LogP contribution in [0.15, 0.2) is 48.0 Å². The van der Waals surface area contributed by atoms with E-state index in [4.69, 9.17) is 0 Å². The van der Waals surface area contributed by atoms with Crippen LogP contribution in [-0.4, -0.2) is 64.1 Å². The lowest BCUT2D eigenvalue weighted by molar-refractivity contribution is 0.0604. The molecule has 3 aromatic rings. The third kappa shape index (κ3) is 3.25. The minimum absolute atomic E-state index is 0.0903. The summed E-state index contributed by atoms with van der Waals surface area (Å²) >= 11 is 1.64. The van der Waals surface area contributed by atoms with Crippen molar-refractivity contribution in [2.75, 3.05) is 26.2 Å². The van der Waals surface area contributed by atoms with Crippen LogP contribution >= 0.6 is 11.3 Å². The fourth-order valence-corrected chi connectivity index (χ4v) is 4.50. The van der Waals surface area contributed by atoms with E-state index in [1.807, 2.05) is 34.7 Å². The summed E-state index contributed by atoms with van der Waals surface area (Å²) in [5.74, 6) is 0.0903. The van der Waals surface area contributed by atoms with Crippen molar-refractivity contribution in [2.24, 2.45) is 0 Å². The zero-order valence-corrected chi connectivity index (χ0v) is 15.7. The van der Waals surface area contributed by atoms with Crippen molar-refractivity contribution in [3.05, 3.63) is 53.5 Å². The van der Waals surface area contributed by atoms with Crippen molar-refractivity contribution in [3.8, 4) is 11.1 Å². The maximum Gasteiger partial charge on any atom is 0.253 e. The quantitative estimate of drug-likeness (QED) is 0.760. The van der Waals surface area contributed by atoms with Gasteiger partial charge in [-0.25, -0.2) is 4.98 Å². The van der Waals surface area contributed by atoms with E-state index in [1.165, 1.54) is 4.70 Å². The molecular weight excluding hydrogens is 358 g/mol. The Morgan fingerprint density at radius 1 is 1.04 bits per heavy atom. The zero-order valence-electron chi connectivity index (χ0n) is 14.9. The fourth-order valence-electron chi connectivity index (χ4n) is 3.84. The van der Waals surface area contributed by atoms with Crippen molar-refractivity contribution in [3.63, 3.8) is 0 Å². The Balaban J connectivity index is 1.27. The predicted octanol–water partition coefficient (Wildman–Crippen LogP) is 2.85. The van der Waals surface area contributed by atoms with Gasteiger partial charge in [-0.2, -0.15) is 0 Å². The van der Waals surface area contributed by atoms with E-state index < -0.39 is 0 Å². The molecule has 2 atom stereocenters. The molecule has 5 nitrogen and oxygen atoms in total. The number of aliphatic hydroxyl groups excluding tert-OH is 1. The second-order valence-corrected chi connectivity index (χ2v) is 8.20. The molecule has 2 heterocycles. The third-order valence-electron chi connectivity index (χ3n) is 5.59. The third-order valence-corrected chi connectivity index (χ3v) is 6.40. The van der Waals surface area contributed by atoms with Gasteiger partial charge in [0.1, 0.15) is 0 Å². The van der Waals surface area contributed by atoms with Crippen LogP contribution in [0.3, 0.4) is 0 Å². The first-order valence-electron chi connectivity index (χ1n) is 9.34. The molecule has 0 radical (unpaired) electrons. The number of aromatic nitrogens is 1. The number of rotatable bonds is 3. The lowest BCUT2D eigenvalue weighted by Gasteiger charge is -2.34. The molecule has 1 aliphatic carbocycles. The summed E-state index contributed by atoms with van der Waals surface area (Å²) in [5.41, 5.74) is 5.81. The normalized spacial score (nSPS) is 22.9. The van der Waals surface area contributed by atoms with Crippen molar-refractivity contribution in [1.82, 2.24) is 14.8 Å². The maximum atomic E-state index is 12.8. The molecule has 1 saturated heterocycles. The van der Waals surface area contributed by atoms with E-state index >= 15 is 0 Å². The Bertz CT molecular complexity index is 977. The Kier molecular flexibility index (Phi) is 4.19. The van der Waals surface area contributed by atoms with Crippen LogP contribution in [0.5, 0.6) is 0 Å². The van der Waals surface area contributed by atoms with E-state index in [0.717, 1.165) is 54.8 Å². The van der Waals surface area contributed by atoms with Gasteiger partial charge in [-0.05, 0) is 41.8 Å². The van der Waals surface area contributed by atoms with Crippen LogP contribution in [-0.2, 0) is 0 Å². The molecule has 0 spiro atoms. The van der Waals surface area contributed by atoms with E-state index in [-0.39, 0.29) is 12.0 Å². The standard InChI is InChI=1S/C21H21N3O2S/c25-19-12-18(19)23-7-9-24(10-8-23)21(26)15-3-1-14(2-4-15)16-5-6-20-17(11-16)22-13-27-20/h1-6,11,13,18-19,25H,7-10,12H2. The smallest absolute Gasteiger partial charge is 0.253 e. The SMILES string of the molecule is O=C(c1ccc(-c2ccc3scnc3c2)cc1)N1CCN(C2CC2O)CC1. The Morgan fingerprint density at radius 3 is 2.44 bits per heavy atom. The number of piperazine rings is 1. The molecule has 6 heteroatoms. The van der Waals surface area contributed by atoms with Gasteiger partial charge >= 0.3 is 0 Å². The van der Waals surface area contributed by atoms with Crippen LogP contribution in [0.4, 0.5) is 0 Å². The molecular formula is C21H21N3O2S. The van der Waals surface area contributed by atoms with Gasteiger partial charge in [-0.3, -0.25) is 9.69 Å². The second kappa shape index (κ2) is 6.71. The van der Waals surface area contributed by atoms with E-state index in [9.17, 15) is 9.90 Å². The van der Waals surface area contributed by atoms with Crippen LogP contribution in [0.25, 0.3) is 21.3 Å². The molecule has 27 heavy (non-hydrogen) atoms. The minimum Gasteiger partial charge on any atom is -0.391 e.